The number of ether oxygens (including phenoxy) is 4. The lowest BCUT2D eigenvalue weighted by Gasteiger charge is -2.12. The maximum Gasteiger partial charge on any atom is 0.203 e. The van der Waals surface area contributed by atoms with E-state index in [1.165, 1.54) is 46.6 Å². The molecule has 0 aliphatic heterocycles. The summed E-state index contributed by atoms with van der Waals surface area (Å²) in [4.78, 5) is 25.0. The normalized spacial score (nSPS) is 10.2. The minimum Gasteiger partial charge on any atom is -0.504 e. The molecule has 1 N–H and O–H groups in total. The van der Waals surface area contributed by atoms with Crippen LogP contribution in [-0.2, 0) is 0 Å². The van der Waals surface area contributed by atoms with Crippen molar-refractivity contribution in [3.05, 3.63) is 41.5 Å². The monoisotopic (exact) mass is 360 g/mol. The predicted molar refractivity (Wildman–Crippen MR) is 94.0 cm³/mol. The summed E-state index contributed by atoms with van der Waals surface area (Å²) in [6.07, 6.45) is -0.439. The van der Waals surface area contributed by atoms with Crippen LogP contribution < -0.4 is 18.9 Å². The Balaban J connectivity index is 2.29. The number of Topliss-reactive ketones (excluding diaryl/α,β-unsaturated/α-hetero) is 2. The van der Waals surface area contributed by atoms with Crippen molar-refractivity contribution < 1.29 is 33.6 Å². The van der Waals surface area contributed by atoms with Gasteiger partial charge in [-0.2, -0.15) is 0 Å². The highest BCUT2D eigenvalue weighted by molar-refractivity contribution is 6.15. The van der Waals surface area contributed by atoms with E-state index in [2.05, 4.69) is 0 Å². The Hall–Kier alpha value is -3.22. The SMILES string of the molecule is COc1ccc(C(=O)CC(=O)c2ccc(OC)c(OC)c2O)c(OC)c1. The highest BCUT2D eigenvalue weighted by atomic mass is 16.5. The van der Waals surface area contributed by atoms with Gasteiger partial charge in [0.15, 0.2) is 23.1 Å². The van der Waals surface area contributed by atoms with Gasteiger partial charge < -0.3 is 24.1 Å². The first-order chi connectivity index (χ1) is 12.5. The van der Waals surface area contributed by atoms with Gasteiger partial charge in [-0.15, -0.1) is 0 Å². The minimum atomic E-state index is -0.550. The zero-order valence-electron chi connectivity index (χ0n) is 15.0. The maximum absolute atomic E-state index is 12.5. The molecule has 0 heterocycles. The topological polar surface area (TPSA) is 91.3 Å². The van der Waals surface area contributed by atoms with Crippen molar-refractivity contribution in [1.29, 1.82) is 0 Å². The Bertz CT molecular complexity index is 827. The quantitative estimate of drug-likeness (QED) is 0.572. The van der Waals surface area contributed by atoms with Crippen molar-refractivity contribution in [3.8, 4) is 28.7 Å². The molecule has 0 radical (unpaired) electrons. The van der Waals surface area contributed by atoms with Crippen LogP contribution in [0.25, 0.3) is 0 Å². The fourth-order valence-corrected chi connectivity index (χ4v) is 2.50. The Kier molecular flexibility index (Phi) is 6.06. The molecule has 0 aliphatic rings. The van der Waals surface area contributed by atoms with Crippen molar-refractivity contribution >= 4 is 11.6 Å². The highest BCUT2D eigenvalue weighted by Crippen LogP contribution is 2.39. The van der Waals surface area contributed by atoms with Gasteiger partial charge in [0, 0.05) is 6.07 Å². The van der Waals surface area contributed by atoms with Crippen molar-refractivity contribution in [1.82, 2.24) is 0 Å². The Labute approximate surface area is 151 Å². The first kappa shape index (κ1) is 19.1. The van der Waals surface area contributed by atoms with E-state index in [4.69, 9.17) is 18.9 Å². The number of phenolic OH excluding ortho intramolecular Hbond substituents is 1. The molecule has 0 fully saturated rings. The summed E-state index contributed by atoms with van der Waals surface area (Å²) in [7, 11) is 5.69. The van der Waals surface area contributed by atoms with Crippen LogP contribution in [0.5, 0.6) is 28.7 Å². The van der Waals surface area contributed by atoms with Crippen LogP contribution in [0.2, 0.25) is 0 Å². The minimum absolute atomic E-state index is 0.0246. The molecular weight excluding hydrogens is 340 g/mol. The van der Waals surface area contributed by atoms with Crippen LogP contribution in [0.1, 0.15) is 27.1 Å². The van der Waals surface area contributed by atoms with Gasteiger partial charge in [-0.25, -0.2) is 0 Å². The fraction of sp³-hybridized carbons (Fsp3) is 0.263. The van der Waals surface area contributed by atoms with Gasteiger partial charge in [0.1, 0.15) is 11.5 Å². The number of hydrogen-bond donors (Lipinski definition) is 1. The summed E-state index contributed by atoms with van der Waals surface area (Å²) < 4.78 is 20.4. The molecule has 0 spiro atoms. The molecule has 0 aromatic heterocycles. The summed E-state index contributed by atoms with van der Waals surface area (Å²) in [5, 5.41) is 10.2. The van der Waals surface area contributed by atoms with E-state index in [0.29, 0.717) is 11.5 Å². The number of methoxy groups -OCH3 is 4. The van der Waals surface area contributed by atoms with Crippen molar-refractivity contribution in [2.45, 2.75) is 6.42 Å². The molecule has 0 amide bonds. The number of carbonyl (C=O) groups is 2. The first-order valence-corrected chi connectivity index (χ1v) is 7.69. The number of ketones is 2. The Morgan fingerprint density at radius 3 is 2.00 bits per heavy atom. The van der Waals surface area contributed by atoms with Gasteiger partial charge in [-0.3, -0.25) is 9.59 Å². The molecule has 2 aromatic rings. The van der Waals surface area contributed by atoms with E-state index in [0.717, 1.165) is 0 Å². The number of aromatic hydroxyl groups is 1. The number of benzene rings is 2. The molecule has 7 nitrogen and oxygen atoms in total. The standard InChI is InChI=1S/C19H20O7/c1-23-11-5-6-12(17(9-11)25-3)14(20)10-15(21)13-7-8-16(24-2)19(26-4)18(13)22/h5-9,22H,10H2,1-4H3. The van der Waals surface area contributed by atoms with Crippen LogP contribution in [0.4, 0.5) is 0 Å². The molecule has 0 atom stereocenters. The van der Waals surface area contributed by atoms with Gasteiger partial charge in [0.25, 0.3) is 0 Å². The van der Waals surface area contributed by atoms with Gasteiger partial charge in [-0.1, -0.05) is 0 Å². The number of carbonyl (C=O) groups excluding carboxylic acids is 2. The lowest BCUT2D eigenvalue weighted by molar-refractivity contribution is 0.0891. The van der Waals surface area contributed by atoms with Crippen LogP contribution in [-0.4, -0.2) is 45.1 Å². The molecule has 0 unspecified atom stereocenters. The molecule has 7 heteroatoms. The van der Waals surface area contributed by atoms with E-state index in [-0.39, 0.29) is 28.4 Å². The molecule has 0 saturated carbocycles. The van der Waals surface area contributed by atoms with Crippen LogP contribution in [0.3, 0.4) is 0 Å². The maximum atomic E-state index is 12.5. The summed E-state index contributed by atoms with van der Waals surface area (Å²) >= 11 is 0. The van der Waals surface area contributed by atoms with Crippen molar-refractivity contribution in [3.63, 3.8) is 0 Å². The van der Waals surface area contributed by atoms with Crippen LogP contribution in [0, 0.1) is 0 Å². The molecular formula is C19H20O7. The second kappa shape index (κ2) is 8.24. The van der Waals surface area contributed by atoms with Gasteiger partial charge >= 0.3 is 0 Å². The summed E-state index contributed by atoms with van der Waals surface area (Å²) in [5.74, 6) is -0.208. The summed E-state index contributed by atoms with van der Waals surface area (Å²) in [6.45, 7) is 0. The average Bonchev–Trinajstić information content (AvgIpc) is 2.66. The van der Waals surface area contributed by atoms with E-state index in [1.54, 1.807) is 12.1 Å². The molecule has 0 bridgehead atoms. The zero-order valence-corrected chi connectivity index (χ0v) is 15.0. The third kappa shape index (κ3) is 3.72. The van der Waals surface area contributed by atoms with E-state index in [1.807, 2.05) is 0 Å². The number of rotatable bonds is 8. The third-order valence-corrected chi connectivity index (χ3v) is 3.85. The van der Waals surface area contributed by atoms with Gasteiger partial charge in [0.05, 0.1) is 46.0 Å². The summed E-state index contributed by atoms with van der Waals surface area (Å²) in [5.41, 5.74) is 0.227. The van der Waals surface area contributed by atoms with Crippen LogP contribution >= 0.6 is 0 Å². The molecule has 138 valence electrons. The molecule has 26 heavy (non-hydrogen) atoms. The lowest BCUT2D eigenvalue weighted by Crippen LogP contribution is -2.10. The predicted octanol–water partition coefficient (Wildman–Crippen LogP) is 2.88. The average molecular weight is 360 g/mol. The number of hydrogen-bond acceptors (Lipinski definition) is 7. The fourth-order valence-electron chi connectivity index (χ4n) is 2.50. The van der Waals surface area contributed by atoms with Crippen LogP contribution in [0.15, 0.2) is 30.3 Å². The smallest absolute Gasteiger partial charge is 0.203 e. The van der Waals surface area contributed by atoms with Gasteiger partial charge in [0.2, 0.25) is 5.75 Å². The van der Waals surface area contributed by atoms with Crippen molar-refractivity contribution in [2.75, 3.05) is 28.4 Å². The Morgan fingerprint density at radius 2 is 1.42 bits per heavy atom. The van der Waals surface area contributed by atoms with Crippen molar-refractivity contribution in [2.24, 2.45) is 0 Å². The second-order valence-corrected chi connectivity index (χ2v) is 5.29. The van der Waals surface area contributed by atoms with E-state index < -0.39 is 18.0 Å². The number of phenols is 1. The summed E-state index contributed by atoms with van der Waals surface area (Å²) in [6, 6.07) is 7.57. The lowest BCUT2D eigenvalue weighted by atomic mass is 9.99. The zero-order chi connectivity index (χ0) is 19.3. The Morgan fingerprint density at radius 1 is 0.808 bits per heavy atom. The molecule has 2 rings (SSSR count). The molecule has 0 saturated heterocycles. The molecule has 0 aliphatic carbocycles. The second-order valence-electron chi connectivity index (χ2n) is 5.29. The van der Waals surface area contributed by atoms with E-state index in [9.17, 15) is 14.7 Å². The highest BCUT2D eigenvalue weighted by Gasteiger charge is 2.23. The third-order valence-electron chi connectivity index (χ3n) is 3.85. The molecule has 2 aromatic carbocycles. The largest absolute Gasteiger partial charge is 0.504 e. The van der Waals surface area contributed by atoms with E-state index >= 15 is 0 Å². The first-order valence-electron chi connectivity index (χ1n) is 7.69. The van der Waals surface area contributed by atoms with Gasteiger partial charge in [-0.05, 0) is 24.3 Å².